The minimum absolute atomic E-state index is 0.209. The Balaban J connectivity index is 1.99. The number of nitrogens with zero attached hydrogens (tertiary/aromatic N) is 1. The van der Waals surface area contributed by atoms with E-state index < -0.39 is 10.0 Å². The Labute approximate surface area is 126 Å². The second-order valence-corrected chi connectivity index (χ2v) is 7.87. The van der Waals surface area contributed by atoms with Gasteiger partial charge in [-0.15, -0.1) is 0 Å². The highest BCUT2D eigenvalue weighted by Crippen LogP contribution is 2.20. The lowest BCUT2D eigenvalue weighted by Gasteiger charge is -2.25. The lowest BCUT2D eigenvalue weighted by molar-refractivity contribution is 0.391. The van der Waals surface area contributed by atoms with Gasteiger partial charge in [-0.2, -0.15) is 0 Å². The van der Waals surface area contributed by atoms with Crippen LogP contribution in [0.15, 0.2) is 24.3 Å². The van der Waals surface area contributed by atoms with Crippen molar-refractivity contribution in [1.29, 1.82) is 0 Å². The van der Waals surface area contributed by atoms with Crippen molar-refractivity contribution in [3.8, 4) is 0 Å². The zero-order chi connectivity index (χ0) is 14.6. The molecule has 1 aromatic rings. The van der Waals surface area contributed by atoms with Gasteiger partial charge in [-0.3, -0.25) is 0 Å². The molecule has 112 valence electrons. The Kier molecular flexibility index (Phi) is 5.43. The second kappa shape index (κ2) is 6.89. The number of hydrogen-bond donors (Lipinski definition) is 1. The van der Waals surface area contributed by atoms with E-state index in [1.807, 2.05) is 18.2 Å². The van der Waals surface area contributed by atoms with Crippen molar-refractivity contribution >= 4 is 21.6 Å². The average Bonchev–Trinajstić information content (AvgIpc) is 2.42. The average molecular weight is 317 g/mol. The number of rotatable bonds is 5. The van der Waals surface area contributed by atoms with Gasteiger partial charge in [-0.25, -0.2) is 12.7 Å². The van der Waals surface area contributed by atoms with Crippen molar-refractivity contribution in [1.82, 2.24) is 9.62 Å². The first-order chi connectivity index (χ1) is 9.49. The fourth-order valence-corrected chi connectivity index (χ4v) is 4.12. The van der Waals surface area contributed by atoms with Gasteiger partial charge in [-0.1, -0.05) is 29.8 Å². The molecule has 20 heavy (non-hydrogen) atoms. The van der Waals surface area contributed by atoms with Crippen LogP contribution in [0.3, 0.4) is 0 Å². The Morgan fingerprint density at radius 2 is 2.15 bits per heavy atom. The highest BCUT2D eigenvalue weighted by atomic mass is 35.5. The van der Waals surface area contributed by atoms with Crippen LogP contribution in [0.1, 0.15) is 18.4 Å². The molecule has 0 aromatic heterocycles. The van der Waals surface area contributed by atoms with Crippen molar-refractivity contribution in [3.63, 3.8) is 0 Å². The van der Waals surface area contributed by atoms with Gasteiger partial charge in [0.25, 0.3) is 0 Å². The highest BCUT2D eigenvalue weighted by Gasteiger charge is 2.25. The van der Waals surface area contributed by atoms with Gasteiger partial charge in [-0.05, 0) is 43.5 Å². The molecule has 1 fully saturated rings. The molecule has 1 N–H and O–H groups in total. The van der Waals surface area contributed by atoms with Crippen LogP contribution in [0, 0.1) is 5.92 Å². The summed E-state index contributed by atoms with van der Waals surface area (Å²) >= 11 is 6.08. The van der Waals surface area contributed by atoms with Gasteiger partial charge in [0, 0.05) is 18.6 Å². The molecule has 0 radical (unpaired) electrons. The maximum Gasteiger partial charge on any atom is 0.214 e. The number of benzene rings is 1. The van der Waals surface area contributed by atoms with Crippen molar-refractivity contribution in [2.45, 2.75) is 19.4 Å². The molecule has 0 saturated carbocycles. The topological polar surface area (TPSA) is 49.4 Å². The summed E-state index contributed by atoms with van der Waals surface area (Å²) in [6, 6.07) is 7.35. The summed E-state index contributed by atoms with van der Waals surface area (Å²) in [5.74, 6) is 0.420. The molecule has 1 unspecified atom stereocenters. The van der Waals surface area contributed by atoms with Gasteiger partial charge in [0.15, 0.2) is 0 Å². The van der Waals surface area contributed by atoms with Crippen molar-refractivity contribution in [2.24, 2.45) is 5.92 Å². The Hall–Kier alpha value is -0.620. The van der Waals surface area contributed by atoms with Crippen LogP contribution in [-0.2, 0) is 16.6 Å². The molecule has 1 aromatic carbocycles. The van der Waals surface area contributed by atoms with E-state index >= 15 is 0 Å². The number of nitrogens with one attached hydrogen (secondary N) is 1. The van der Waals surface area contributed by atoms with Gasteiger partial charge in [0.05, 0.1) is 5.75 Å². The Morgan fingerprint density at radius 3 is 2.80 bits per heavy atom. The van der Waals surface area contributed by atoms with E-state index in [4.69, 9.17) is 11.6 Å². The van der Waals surface area contributed by atoms with E-state index in [-0.39, 0.29) is 11.7 Å². The lowest BCUT2D eigenvalue weighted by Crippen LogP contribution is -2.38. The third kappa shape index (κ3) is 4.19. The molecule has 0 aliphatic carbocycles. The smallest absolute Gasteiger partial charge is 0.214 e. The molecule has 0 spiro atoms. The monoisotopic (exact) mass is 316 g/mol. The molecule has 1 saturated heterocycles. The van der Waals surface area contributed by atoms with E-state index in [2.05, 4.69) is 5.32 Å². The zero-order valence-electron chi connectivity index (χ0n) is 11.7. The summed E-state index contributed by atoms with van der Waals surface area (Å²) in [6.45, 7) is 2.10. The van der Waals surface area contributed by atoms with E-state index in [1.165, 1.54) is 4.31 Å². The molecule has 6 heteroatoms. The van der Waals surface area contributed by atoms with Crippen LogP contribution < -0.4 is 5.32 Å². The zero-order valence-corrected chi connectivity index (χ0v) is 13.3. The molecule has 0 amide bonds. The summed E-state index contributed by atoms with van der Waals surface area (Å²) in [5, 5.41) is 3.86. The van der Waals surface area contributed by atoms with E-state index in [9.17, 15) is 8.42 Å². The highest BCUT2D eigenvalue weighted by molar-refractivity contribution is 7.89. The van der Waals surface area contributed by atoms with Crippen molar-refractivity contribution < 1.29 is 8.42 Å². The largest absolute Gasteiger partial charge is 0.316 e. The van der Waals surface area contributed by atoms with Crippen LogP contribution in [-0.4, -0.2) is 38.6 Å². The standard InChI is InChI=1S/C14H21ClN2O2S/c1-17(10-13-6-2-3-7-14(13)15)20(18,19)11-12-5-4-8-16-9-12/h2-3,6-7,12,16H,4-5,8-11H2,1H3. The summed E-state index contributed by atoms with van der Waals surface area (Å²) in [4.78, 5) is 0. The third-order valence-electron chi connectivity index (χ3n) is 3.67. The van der Waals surface area contributed by atoms with E-state index in [0.29, 0.717) is 11.6 Å². The maximum absolute atomic E-state index is 12.4. The molecule has 1 heterocycles. The summed E-state index contributed by atoms with van der Waals surface area (Å²) in [6.07, 6.45) is 2.03. The van der Waals surface area contributed by atoms with E-state index in [1.54, 1.807) is 13.1 Å². The Morgan fingerprint density at radius 1 is 1.40 bits per heavy atom. The Bertz CT molecular complexity index is 542. The minimum atomic E-state index is -3.24. The molecule has 0 bridgehead atoms. The van der Waals surface area contributed by atoms with Crippen LogP contribution in [0.4, 0.5) is 0 Å². The fourth-order valence-electron chi connectivity index (χ4n) is 2.46. The molecule has 1 aliphatic heterocycles. The van der Waals surface area contributed by atoms with E-state index in [0.717, 1.165) is 31.5 Å². The van der Waals surface area contributed by atoms with Crippen LogP contribution in [0.25, 0.3) is 0 Å². The van der Waals surface area contributed by atoms with Gasteiger partial charge in [0.1, 0.15) is 0 Å². The first kappa shape index (κ1) is 15.8. The molecule has 4 nitrogen and oxygen atoms in total. The quantitative estimate of drug-likeness (QED) is 0.905. The molecule has 1 aliphatic rings. The normalized spacial score (nSPS) is 20.2. The summed E-state index contributed by atoms with van der Waals surface area (Å²) in [7, 11) is -1.62. The second-order valence-electron chi connectivity index (χ2n) is 5.34. The number of halogens is 1. The summed E-state index contributed by atoms with van der Waals surface area (Å²) in [5.41, 5.74) is 0.835. The molecule has 2 rings (SSSR count). The molecule has 1 atom stereocenters. The number of sulfonamides is 1. The SMILES string of the molecule is CN(Cc1ccccc1Cl)S(=O)(=O)CC1CCCNC1. The molecular weight excluding hydrogens is 296 g/mol. The number of piperidine rings is 1. The number of hydrogen-bond acceptors (Lipinski definition) is 3. The molecular formula is C14H21ClN2O2S. The lowest BCUT2D eigenvalue weighted by atomic mass is 10.0. The predicted molar refractivity (Wildman–Crippen MR) is 82.3 cm³/mol. The first-order valence-corrected chi connectivity index (χ1v) is 8.86. The van der Waals surface area contributed by atoms with Crippen molar-refractivity contribution in [2.75, 3.05) is 25.9 Å². The minimum Gasteiger partial charge on any atom is -0.316 e. The van der Waals surface area contributed by atoms with Crippen LogP contribution >= 0.6 is 11.6 Å². The van der Waals surface area contributed by atoms with Crippen molar-refractivity contribution in [3.05, 3.63) is 34.9 Å². The maximum atomic E-state index is 12.4. The first-order valence-electron chi connectivity index (χ1n) is 6.87. The predicted octanol–water partition coefficient (Wildman–Crippen LogP) is 2.10. The van der Waals surface area contributed by atoms with Gasteiger partial charge < -0.3 is 5.32 Å². The fraction of sp³-hybridized carbons (Fsp3) is 0.571. The summed E-state index contributed by atoms with van der Waals surface area (Å²) < 4.78 is 26.1. The third-order valence-corrected chi connectivity index (χ3v) is 6.01. The van der Waals surface area contributed by atoms with Gasteiger partial charge in [0.2, 0.25) is 10.0 Å². The van der Waals surface area contributed by atoms with Gasteiger partial charge >= 0.3 is 0 Å². The van der Waals surface area contributed by atoms with Crippen LogP contribution in [0.5, 0.6) is 0 Å². The van der Waals surface area contributed by atoms with Crippen LogP contribution in [0.2, 0.25) is 5.02 Å².